The van der Waals surface area contributed by atoms with Crippen LogP contribution < -0.4 is 0 Å². The summed E-state index contributed by atoms with van der Waals surface area (Å²) in [4.78, 5) is 2.76. The molecule has 0 spiro atoms. The van der Waals surface area contributed by atoms with Crippen LogP contribution in [-0.2, 0) is 0 Å². The Morgan fingerprint density at radius 1 is 0.833 bits per heavy atom. The highest BCUT2D eigenvalue weighted by molar-refractivity contribution is 9.09. The van der Waals surface area contributed by atoms with Gasteiger partial charge < -0.3 is 4.90 Å². The number of rotatable bonds is 13. The topological polar surface area (TPSA) is 3.24 Å². The van der Waals surface area contributed by atoms with E-state index in [1.165, 1.54) is 89.0 Å². The second kappa shape index (κ2) is 11.3. The van der Waals surface area contributed by atoms with Crippen LogP contribution in [-0.4, -0.2) is 29.4 Å². The zero-order chi connectivity index (χ0) is 13.1. The summed E-state index contributed by atoms with van der Waals surface area (Å²) >= 11 is 3.49. The van der Waals surface area contributed by atoms with Crippen molar-refractivity contribution in [1.82, 2.24) is 4.90 Å². The van der Waals surface area contributed by atoms with E-state index in [2.05, 4.69) is 27.8 Å². The second-order valence-corrected chi connectivity index (χ2v) is 6.58. The van der Waals surface area contributed by atoms with Gasteiger partial charge in [0.05, 0.1) is 0 Å². The Morgan fingerprint density at radius 3 is 1.94 bits per heavy atom. The van der Waals surface area contributed by atoms with Crippen LogP contribution in [0.3, 0.4) is 0 Å². The van der Waals surface area contributed by atoms with Gasteiger partial charge in [-0.2, -0.15) is 0 Å². The van der Waals surface area contributed by atoms with Crippen molar-refractivity contribution >= 4 is 15.9 Å². The Hall–Kier alpha value is 0.440. The Balaban J connectivity index is 1.88. The molecule has 0 aromatic rings. The SMILES string of the molecule is CCCCN(CCCCCCCCCBr)C1CC1. The summed E-state index contributed by atoms with van der Waals surface area (Å²) in [6.07, 6.45) is 15.7. The van der Waals surface area contributed by atoms with Crippen LogP contribution in [0.1, 0.15) is 77.6 Å². The van der Waals surface area contributed by atoms with Crippen LogP contribution in [0.5, 0.6) is 0 Å². The van der Waals surface area contributed by atoms with Crippen molar-refractivity contribution in [2.45, 2.75) is 83.6 Å². The largest absolute Gasteiger partial charge is 0.300 e. The van der Waals surface area contributed by atoms with E-state index in [-0.39, 0.29) is 0 Å². The lowest BCUT2D eigenvalue weighted by atomic mass is 10.1. The lowest BCUT2D eigenvalue weighted by Crippen LogP contribution is -2.28. The predicted molar refractivity (Wildman–Crippen MR) is 85.6 cm³/mol. The van der Waals surface area contributed by atoms with Crippen LogP contribution in [0.2, 0.25) is 0 Å². The molecule has 0 aromatic heterocycles. The minimum Gasteiger partial charge on any atom is -0.300 e. The van der Waals surface area contributed by atoms with Crippen LogP contribution in [0, 0.1) is 0 Å². The summed E-state index contributed by atoms with van der Waals surface area (Å²) in [6.45, 7) is 5.02. The summed E-state index contributed by atoms with van der Waals surface area (Å²) in [7, 11) is 0. The van der Waals surface area contributed by atoms with Crippen LogP contribution in [0.25, 0.3) is 0 Å². The molecule has 0 atom stereocenters. The van der Waals surface area contributed by atoms with E-state index in [0.717, 1.165) is 6.04 Å². The lowest BCUT2D eigenvalue weighted by Gasteiger charge is -2.21. The first kappa shape index (κ1) is 16.5. The van der Waals surface area contributed by atoms with E-state index in [9.17, 15) is 0 Å². The number of hydrogen-bond donors (Lipinski definition) is 0. The van der Waals surface area contributed by atoms with Crippen molar-refractivity contribution in [3.63, 3.8) is 0 Å². The quantitative estimate of drug-likeness (QED) is 0.326. The minimum atomic E-state index is 0.968. The fraction of sp³-hybridized carbons (Fsp3) is 1.00. The first-order valence-electron chi connectivity index (χ1n) is 8.18. The molecule has 18 heavy (non-hydrogen) atoms. The third-order valence-corrected chi connectivity index (χ3v) is 4.50. The Morgan fingerprint density at radius 2 is 1.39 bits per heavy atom. The second-order valence-electron chi connectivity index (χ2n) is 5.78. The smallest absolute Gasteiger partial charge is 0.00964 e. The maximum absolute atomic E-state index is 3.49. The highest BCUT2D eigenvalue weighted by Crippen LogP contribution is 2.27. The number of unbranched alkanes of at least 4 members (excludes halogenated alkanes) is 7. The standard InChI is InChI=1S/C16H32BrN/c1-2-3-14-18(16-11-12-16)15-10-8-6-4-5-7-9-13-17/h16H,2-15H2,1H3. The van der Waals surface area contributed by atoms with E-state index < -0.39 is 0 Å². The molecule has 2 heteroatoms. The lowest BCUT2D eigenvalue weighted by molar-refractivity contribution is 0.253. The van der Waals surface area contributed by atoms with Gasteiger partial charge in [0.25, 0.3) is 0 Å². The molecule has 0 aromatic carbocycles. The van der Waals surface area contributed by atoms with Gasteiger partial charge in [-0.1, -0.05) is 61.4 Å². The molecule has 108 valence electrons. The van der Waals surface area contributed by atoms with Gasteiger partial charge in [0.1, 0.15) is 0 Å². The van der Waals surface area contributed by atoms with Gasteiger partial charge in [0.15, 0.2) is 0 Å². The molecule has 0 bridgehead atoms. The van der Waals surface area contributed by atoms with E-state index in [0.29, 0.717) is 0 Å². The van der Waals surface area contributed by atoms with E-state index in [4.69, 9.17) is 0 Å². The van der Waals surface area contributed by atoms with Crippen molar-refractivity contribution in [1.29, 1.82) is 0 Å². The normalized spacial score (nSPS) is 15.5. The summed E-state index contributed by atoms with van der Waals surface area (Å²) in [6, 6.07) is 0.968. The number of alkyl halides is 1. The van der Waals surface area contributed by atoms with Gasteiger partial charge in [-0.15, -0.1) is 0 Å². The van der Waals surface area contributed by atoms with Crippen LogP contribution in [0.15, 0.2) is 0 Å². The van der Waals surface area contributed by atoms with Gasteiger partial charge in [0, 0.05) is 11.4 Å². The molecule has 1 fully saturated rings. The predicted octanol–water partition coefficient (Wildman–Crippen LogP) is 5.38. The van der Waals surface area contributed by atoms with E-state index in [1.807, 2.05) is 0 Å². The maximum atomic E-state index is 3.49. The number of halogens is 1. The molecular formula is C16H32BrN. The van der Waals surface area contributed by atoms with Gasteiger partial charge in [-0.3, -0.25) is 0 Å². The molecule has 0 heterocycles. The van der Waals surface area contributed by atoms with Gasteiger partial charge in [0.2, 0.25) is 0 Å². The molecule has 1 saturated carbocycles. The molecule has 0 aliphatic heterocycles. The Kier molecular flexibility index (Phi) is 10.3. The first-order valence-corrected chi connectivity index (χ1v) is 9.30. The third kappa shape index (κ3) is 8.53. The first-order chi connectivity index (χ1) is 8.88. The zero-order valence-corrected chi connectivity index (χ0v) is 13.9. The van der Waals surface area contributed by atoms with Crippen LogP contribution in [0.4, 0.5) is 0 Å². The molecule has 1 aliphatic rings. The Bertz CT molecular complexity index is 180. The minimum absolute atomic E-state index is 0.968. The maximum Gasteiger partial charge on any atom is 0.00964 e. The average molecular weight is 318 g/mol. The molecule has 0 saturated heterocycles. The molecular weight excluding hydrogens is 286 g/mol. The molecule has 1 nitrogen and oxygen atoms in total. The van der Waals surface area contributed by atoms with Gasteiger partial charge in [-0.05, 0) is 45.2 Å². The fourth-order valence-corrected chi connectivity index (χ4v) is 2.97. The Labute approximate surface area is 123 Å². The van der Waals surface area contributed by atoms with E-state index >= 15 is 0 Å². The number of nitrogens with zero attached hydrogens (tertiary/aromatic N) is 1. The third-order valence-electron chi connectivity index (χ3n) is 3.94. The summed E-state index contributed by atoms with van der Waals surface area (Å²) in [5.74, 6) is 0. The zero-order valence-electron chi connectivity index (χ0n) is 12.3. The van der Waals surface area contributed by atoms with Crippen molar-refractivity contribution in [2.75, 3.05) is 18.4 Å². The van der Waals surface area contributed by atoms with Gasteiger partial charge >= 0.3 is 0 Å². The van der Waals surface area contributed by atoms with Crippen LogP contribution >= 0.6 is 15.9 Å². The van der Waals surface area contributed by atoms with Crippen molar-refractivity contribution in [3.05, 3.63) is 0 Å². The average Bonchev–Trinajstić information content (AvgIpc) is 3.20. The molecule has 0 radical (unpaired) electrons. The molecule has 0 unspecified atom stereocenters. The van der Waals surface area contributed by atoms with Crippen molar-refractivity contribution in [2.24, 2.45) is 0 Å². The molecule has 1 rings (SSSR count). The highest BCUT2D eigenvalue weighted by Gasteiger charge is 2.27. The van der Waals surface area contributed by atoms with Crippen molar-refractivity contribution in [3.8, 4) is 0 Å². The molecule has 0 N–H and O–H groups in total. The monoisotopic (exact) mass is 317 g/mol. The molecule has 0 amide bonds. The summed E-state index contributed by atoms with van der Waals surface area (Å²) in [5.41, 5.74) is 0. The highest BCUT2D eigenvalue weighted by atomic mass is 79.9. The van der Waals surface area contributed by atoms with Gasteiger partial charge in [-0.25, -0.2) is 0 Å². The van der Waals surface area contributed by atoms with Crippen molar-refractivity contribution < 1.29 is 0 Å². The fourth-order valence-electron chi connectivity index (χ4n) is 2.57. The summed E-state index contributed by atoms with van der Waals surface area (Å²) < 4.78 is 0. The number of hydrogen-bond acceptors (Lipinski definition) is 1. The molecule has 1 aliphatic carbocycles. The van der Waals surface area contributed by atoms with E-state index in [1.54, 1.807) is 0 Å². The summed E-state index contributed by atoms with van der Waals surface area (Å²) in [5, 5.41) is 1.18.